The molecule has 0 aliphatic rings. The van der Waals surface area contributed by atoms with Crippen molar-refractivity contribution in [1.29, 1.82) is 0 Å². The fourth-order valence-electron chi connectivity index (χ4n) is 0.857. The summed E-state index contributed by atoms with van der Waals surface area (Å²) in [5.74, 6) is 0. The predicted molar refractivity (Wildman–Crippen MR) is 60.7 cm³/mol. The second kappa shape index (κ2) is 6.35. The average molecular weight is 178 g/mol. The molecule has 0 aliphatic carbocycles. The molecule has 13 heavy (non-hydrogen) atoms. The molecule has 0 aromatic rings. The molecular formula is C11H18N2. The van der Waals surface area contributed by atoms with Gasteiger partial charge in [0, 0.05) is 13.2 Å². The minimum Gasteiger partial charge on any atom is -0.287 e. The summed E-state index contributed by atoms with van der Waals surface area (Å²) >= 11 is 0. The Morgan fingerprint density at radius 2 is 1.77 bits per heavy atom. The van der Waals surface area contributed by atoms with E-state index in [9.17, 15) is 0 Å². The Bertz CT molecular complexity index is 264. The molecular weight excluding hydrogens is 160 g/mol. The van der Waals surface area contributed by atoms with Crippen LogP contribution in [0.4, 0.5) is 0 Å². The van der Waals surface area contributed by atoms with Gasteiger partial charge in [-0.05, 0) is 33.8 Å². The molecule has 0 N–H and O–H groups in total. The number of nitrogens with zero attached hydrogens (tertiary/aromatic N) is 2. The van der Waals surface area contributed by atoms with E-state index in [4.69, 9.17) is 0 Å². The van der Waals surface area contributed by atoms with Crippen LogP contribution in [0.5, 0.6) is 0 Å². The second-order valence-electron chi connectivity index (χ2n) is 3.03. The molecule has 2 heteroatoms. The van der Waals surface area contributed by atoms with Crippen LogP contribution in [0.2, 0.25) is 0 Å². The largest absolute Gasteiger partial charge is 0.287 e. The number of hydrogen-bond donors (Lipinski definition) is 0. The molecule has 0 spiro atoms. The lowest BCUT2D eigenvalue weighted by Gasteiger charge is -1.98. The molecule has 0 radical (unpaired) electrons. The molecule has 0 aromatic carbocycles. The summed E-state index contributed by atoms with van der Waals surface area (Å²) in [5, 5.41) is 0. The van der Waals surface area contributed by atoms with Crippen LogP contribution in [0.3, 0.4) is 0 Å². The quantitative estimate of drug-likeness (QED) is 0.593. The highest BCUT2D eigenvalue weighted by molar-refractivity contribution is 6.45. The summed E-state index contributed by atoms with van der Waals surface area (Å²) in [7, 11) is 1.78. The summed E-state index contributed by atoms with van der Waals surface area (Å²) in [6.07, 6.45) is 5.71. The van der Waals surface area contributed by atoms with Gasteiger partial charge in [-0.1, -0.05) is 11.6 Å². The summed E-state index contributed by atoms with van der Waals surface area (Å²) in [4.78, 5) is 8.38. The zero-order valence-corrected chi connectivity index (χ0v) is 9.13. The Labute approximate surface area is 80.8 Å². The number of hydrogen-bond acceptors (Lipinski definition) is 2. The summed E-state index contributed by atoms with van der Waals surface area (Å²) in [6, 6.07) is 0. The van der Waals surface area contributed by atoms with E-state index in [2.05, 4.69) is 9.98 Å². The van der Waals surface area contributed by atoms with Crippen molar-refractivity contribution < 1.29 is 0 Å². The molecule has 0 unspecified atom stereocenters. The highest BCUT2D eigenvalue weighted by Crippen LogP contribution is 1.94. The number of allylic oxidation sites excluding steroid dienone is 3. The highest BCUT2D eigenvalue weighted by Gasteiger charge is 1.96. The van der Waals surface area contributed by atoms with Crippen LogP contribution in [0.15, 0.2) is 33.9 Å². The first kappa shape index (κ1) is 11.8. The van der Waals surface area contributed by atoms with E-state index in [1.165, 1.54) is 5.57 Å². The van der Waals surface area contributed by atoms with Gasteiger partial charge in [0.25, 0.3) is 0 Å². The first-order valence-corrected chi connectivity index (χ1v) is 4.39. The molecule has 0 atom stereocenters. The number of rotatable bonds is 3. The Morgan fingerprint density at radius 1 is 1.15 bits per heavy atom. The molecule has 0 saturated carbocycles. The van der Waals surface area contributed by atoms with Crippen molar-refractivity contribution in [2.75, 3.05) is 7.05 Å². The van der Waals surface area contributed by atoms with Crippen LogP contribution < -0.4 is 0 Å². The summed E-state index contributed by atoms with van der Waals surface area (Å²) in [5.41, 5.74) is 3.12. The molecule has 0 fully saturated rings. The van der Waals surface area contributed by atoms with Crippen LogP contribution >= 0.6 is 0 Å². The van der Waals surface area contributed by atoms with Crippen molar-refractivity contribution in [3.63, 3.8) is 0 Å². The third-order valence-corrected chi connectivity index (χ3v) is 1.45. The van der Waals surface area contributed by atoms with Crippen molar-refractivity contribution in [2.24, 2.45) is 9.98 Å². The van der Waals surface area contributed by atoms with Crippen LogP contribution in [-0.4, -0.2) is 18.5 Å². The van der Waals surface area contributed by atoms with Gasteiger partial charge >= 0.3 is 0 Å². The highest BCUT2D eigenvalue weighted by atomic mass is 14.8. The van der Waals surface area contributed by atoms with Crippen molar-refractivity contribution in [3.05, 3.63) is 23.9 Å². The number of aliphatic imine (C=N–C) groups is 2. The Hall–Kier alpha value is -1.18. The Kier molecular flexibility index (Phi) is 5.77. The molecule has 72 valence electrons. The lowest BCUT2D eigenvalue weighted by molar-refractivity contribution is 1.38. The fourth-order valence-corrected chi connectivity index (χ4v) is 0.857. The van der Waals surface area contributed by atoms with Crippen molar-refractivity contribution in [1.82, 2.24) is 0 Å². The Balaban J connectivity index is 4.72. The van der Waals surface area contributed by atoms with Gasteiger partial charge in [-0.2, -0.15) is 0 Å². The molecule has 0 amide bonds. The molecule has 0 heterocycles. The molecule has 0 bridgehead atoms. The zero-order chi connectivity index (χ0) is 10.3. The minimum atomic E-state index is 0.943. The third kappa shape index (κ3) is 5.12. The van der Waals surface area contributed by atoms with E-state index in [0.717, 1.165) is 11.4 Å². The SMILES string of the molecule is C/C=C\N=C(C)C(C=C(C)C)=NC. The second-order valence-corrected chi connectivity index (χ2v) is 3.03. The normalized spacial score (nSPS) is 13.6. The standard InChI is InChI=1S/C11H18N2/c1-6-7-13-10(4)11(12-5)8-9(2)3/h6-8H,1-5H3/b7-6-,12-11?,13-10?. The van der Waals surface area contributed by atoms with Gasteiger partial charge in [-0.15, -0.1) is 0 Å². The van der Waals surface area contributed by atoms with E-state index >= 15 is 0 Å². The van der Waals surface area contributed by atoms with Gasteiger partial charge in [0.1, 0.15) is 0 Å². The zero-order valence-electron chi connectivity index (χ0n) is 9.13. The smallest absolute Gasteiger partial charge is 0.0782 e. The lowest BCUT2D eigenvalue weighted by atomic mass is 10.2. The molecule has 0 aliphatic heterocycles. The monoisotopic (exact) mass is 178 g/mol. The predicted octanol–water partition coefficient (Wildman–Crippen LogP) is 3.02. The van der Waals surface area contributed by atoms with E-state index in [-0.39, 0.29) is 0 Å². The van der Waals surface area contributed by atoms with Crippen molar-refractivity contribution in [2.45, 2.75) is 27.7 Å². The van der Waals surface area contributed by atoms with Gasteiger partial charge < -0.3 is 0 Å². The Morgan fingerprint density at radius 3 is 2.15 bits per heavy atom. The van der Waals surface area contributed by atoms with Gasteiger partial charge in [-0.25, -0.2) is 0 Å². The first-order chi connectivity index (χ1) is 6.11. The van der Waals surface area contributed by atoms with Crippen LogP contribution in [-0.2, 0) is 0 Å². The van der Waals surface area contributed by atoms with Gasteiger partial charge in [0.15, 0.2) is 0 Å². The lowest BCUT2D eigenvalue weighted by Crippen LogP contribution is -2.07. The minimum absolute atomic E-state index is 0.943. The van der Waals surface area contributed by atoms with Gasteiger partial charge in [0.05, 0.1) is 11.4 Å². The molecule has 2 nitrogen and oxygen atoms in total. The van der Waals surface area contributed by atoms with E-state index in [1.54, 1.807) is 13.2 Å². The fraction of sp³-hybridized carbons (Fsp3) is 0.455. The maximum Gasteiger partial charge on any atom is 0.0782 e. The van der Waals surface area contributed by atoms with E-state index in [1.807, 2.05) is 39.8 Å². The van der Waals surface area contributed by atoms with Crippen LogP contribution in [0, 0.1) is 0 Å². The maximum absolute atomic E-state index is 4.23. The molecule has 0 rings (SSSR count). The third-order valence-electron chi connectivity index (χ3n) is 1.45. The summed E-state index contributed by atoms with van der Waals surface area (Å²) < 4.78 is 0. The van der Waals surface area contributed by atoms with Gasteiger partial charge in [-0.3, -0.25) is 9.98 Å². The topological polar surface area (TPSA) is 24.7 Å². The molecule has 0 aromatic heterocycles. The summed E-state index contributed by atoms with van der Waals surface area (Å²) in [6.45, 7) is 8.00. The first-order valence-electron chi connectivity index (χ1n) is 4.39. The van der Waals surface area contributed by atoms with Crippen molar-refractivity contribution in [3.8, 4) is 0 Å². The van der Waals surface area contributed by atoms with Crippen molar-refractivity contribution >= 4 is 11.4 Å². The van der Waals surface area contributed by atoms with E-state index < -0.39 is 0 Å². The van der Waals surface area contributed by atoms with Crippen LogP contribution in [0.25, 0.3) is 0 Å². The average Bonchev–Trinajstić information content (AvgIpc) is 2.09. The maximum atomic E-state index is 4.23. The van der Waals surface area contributed by atoms with Crippen LogP contribution in [0.1, 0.15) is 27.7 Å². The van der Waals surface area contributed by atoms with Gasteiger partial charge in [0.2, 0.25) is 0 Å². The van der Waals surface area contributed by atoms with E-state index in [0.29, 0.717) is 0 Å². The molecule has 0 saturated heterocycles.